The van der Waals surface area contributed by atoms with Crippen molar-refractivity contribution in [2.45, 2.75) is 58.6 Å². The number of ether oxygens (including phenoxy) is 2. The summed E-state index contributed by atoms with van der Waals surface area (Å²) in [5.41, 5.74) is 3.28. The minimum absolute atomic E-state index is 0.156. The lowest BCUT2D eigenvalue weighted by Gasteiger charge is -2.22. The van der Waals surface area contributed by atoms with Gasteiger partial charge in [0.1, 0.15) is 17.4 Å². The number of aliphatic carboxylic acids is 1. The summed E-state index contributed by atoms with van der Waals surface area (Å²) in [6.07, 6.45) is 1.26. The van der Waals surface area contributed by atoms with Crippen LogP contribution in [0.15, 0.2) is 42.5 Å². The zero-order valence-corrected chi connectivity index (χ0v) is 19.9. The van der Waals surface area contributed by atoms with Crippen molar-refractivity contribution >= 4 is 23.7 Å². The molecular weight excluding hydrogens is 430 g/mol. The minimum atomic E-state index is -1.11. The fraction of sp³-hybridized carbons (Fsp3) is 0.440. The number of amides is 1. The number of aryl methyl sites for hydroxylation is 1. The number of alkyl carbamates (subject to hydrolysis) is 1. The molecule has 174 valence electrons. The monoisotopic (exact) mass is 461 g/mol. The molecule has 0 aromatic heterocycles. The summed E-state index contributed by atoms with van der Waals surface area (Å²) in [5.74, 6) is 0.356. The first kappa shape index (κ1) is 25.5. The zero-order chi connectivity index (χ0) is 23.7. The van der Waals surface area contributed by atoms with E-state index < -0.39 is 23.7 Å². The van der Waals surface area contributed by atoms with Crippen LogP contribution in [0.5, 0.6) is 5.75 Å². The summed E-state index contributed by atoms with van der Waals surface area (Å²) in [4.78, 5) is 23.5. The molecule has 0 aliphatic heterocycles. The third-order valence-electron chi connectivity index (χ3n) is 4.69. The van der Waals surface area contributed by atoms with E-state index in [9.17, 15) is 14.7 Å². The highest BCUT2D eigenvalue weighted by Crippen LogP contribution is 2.27. The molecule has 2 rings (SSSR count). The van der Waals surface area contributed by atoms with Crippen molar-refractivity contribution < 1.29 is 24.2 Å². The van der Waals surface area contributed by atoms with Gasteiger partial charge in [-0.1, -0.05) is 30.3 Å². The maximum Gasteiger partial charge on any atom is 0.408 e. The van der Waals surface area contributed by atoms with Crippen molar-refractivity contribution in [3.63, 3.8) is 0 Å². The molecule has 32 heavy (non-hydrogen) atoms. The van der Waals surface area contributed by atoms with Crippen LogP contribution in [0.2, 0.25) is 0 Å². The minimum Gasteiger partial charge on any atom is -0.494 e. The summed E-state index contributed by atoms with van der Waals surface area (Å²) in [6.45, 7) is 7.85. The lowest BCUT2D eigenvalue weighted by atomic mass is 9.97. The predicted octanol–water partition coefficient (Wildman–Crippen LogP) is 5.58. The number of carboxylic acids is 1. The van der Waals surface area contributed by atoms with Crippen molar-refractivity contribution in [3.05, 3.63) is 53.6 Å². The Morgan fingerprint density at radius 2 is 1.78 bits per heavy atom. The normalized spacial score (nSPS) is 12.2. The van der Waals surface area contributed by atoms with E-state index in [1.165, 1.54) is 0 Å². The van der Waals surface area contributed by atoms with Crippen LogP contribution >= 0.6 is 11.6 Å². The number of carbonyl (C=O) groups is 2. The van der Waals surface area contributed by atoms with Crippen LogP contribution in [-0.4, -0.2) is 41.3 Å². The molecule has 0 aliphatic rings. The summed E-state index contributed by atoms with van der Waals surface area (Å²) in [6, 6.07) is 12.5. The maximum absolute atomic E-state index is 12.0. The summed E-state index contributed by atoms with van der Waals surface area (Å²) in [5, 5.41) is 11.9. The molecular formula is C25H32ClNO5. The predicted molar refractivity (Wildman–Crippen MR) is 127 cm³/mol. The summed E-state index contributed by atoms with van der Waals surface area (Å²) >= 11 is 5.69. The molecule has 2 N–H and O–H groups in total. The van der Waals surface area contributed by atoms with Gasteiger partial charge in [0, 0.05) is 12.3 Å². The molecule has 0 fully saturated rings. The molecule has 2 aromatic carbocycles. The molecule has 1 amide bonds. The summed E-state index contributed by atoms with van der Waals surface area (Å²) in [7, 11) is 0. The van der Waals surface area contributed by atoms with Gasteiger partial charge in [-0.25, -0.2) is 9.59 Å². The van der Waals surface area contributed by atoms with E-state index >= 15 is 0 Å². The number of carbonyl (C=O) groups excluding carboxylic acids is 1. The van der Waals surface area contributed by atoms with Crippen molar-refractivity contribution in [1.82, 2.24) is 5.32 Å². The van der Waals surface area contributed by atoms with Crippen molar-refractivity contribution in [3.8, 4) is 16.9 Å². The number of alkyl halides is 1. The number of hydrogen-bond donors (Lipinski definition) is 2. The van der Waals surface area contributed by atoms with Crippen LogP contribution in [-0.2, 0) is 16.0 Å². The lowest BCUT2D eigenvalue weighted by Crippen LogP contribution is -2.44. The SMILES string of the molecule is Cc1cc(OCCCCCl)ccc1-c1ccc(C[C@H](NC(=O)OC(C)(C)C)C(=O)O)cc1. The number of hydrogen-bond acceptors (Lipinski definition) is 4. The Hall–Kier alpha value is -2.73. The van der Waals surface area contributed by atoms with E-state index in [2.05, 4.69) is 5.32 Å². The molecule has 0 unspecified atom stereocenters. The van der Waals surface area contributed by atoms with E-state index in [1.807, 2.05) is 49.4 Å². The molecule has 0 saturated carbocycles. The molecule has 2 aromatic rings. The Bertz CT molecular complexity index is 906. The standard InChI is InChI=1S/C25H32ClNO5/c1-17-15-20(31-14-6-5-13-26)11-12-21(17)19-9-7-18(8-10-19)16-22(23(28)29)27-24(30)32-25(2,3)4/h7-12,15,22H,5-6,13-14,16H2,1-4H3,(H,27,30)(H,28,29)/t22-/m0/s1. The number of carboxylic acid groups (broad SMARTS) is 1. The van der Waals surface area contributed by atoms with E-state index in [0.29, 0.717) is 12.5 Å². The second-order valence-electron chi connectivity index (χ2n) is 8.66. The van der Waals surface area contributed by atoms with Gasteiger partial charge in [-0.05, 0) is 74.9 Å². The number of benzene rings is 2. The van der Waals surface area contributed by atoms with Gasteiger partial charge >= 0.3 is 12.1 Å². The average molecular weight is 462 g/mol. The van der Waals surface area contributed by atoms with Crippen molar-refractivity contribution in [2.75, 3.05) is 12.5 Å². The quantitative estimate of drug-likeness (QED) is 0.356. The second-order valence-corrected chi connectivity index (χ2v) is 9.04. The fourth-order valence-electron chi connectivity index (χ4n) is 3.14. The van der Waals surface area contributed by atoms with Crippen LogP contribution < -0.4 is 10.1 Å². The highest BCUT2D eigenvalue weighted by Gasteiger charge is 2.24. The van der Waals surface area contributed by atoms with Gasteiger partial charge in [-0.15, -0.1) is 11.6 Å². The first-order valence-electron chi connectivity index (χ1n) is 10.7. The lowest BCUT2D eigenvalue weighted by molar-refractivity contribution is -0.139. The number of nitrogens with one attached hydrogen (secondary N) is 1. The molecule has 1 atom stereocenters. The van der Waals surface area contributed by atoms with Gasteiger partial charge in [0.2, 0.25) is 0 Å². The van der Waals surface area contributed by atoms with Crippen LogP contribution in [0.25, 0.3) is 11.1 Å². The van der Waals surface area contributed by atoms with E-state index in [1.54, 1.807) is 20.8 Å². The highest BCUT2D eigenvalue weighted by molar-refractivity contribution is 6.17. The molecule has 0 saturated heterocycles. The van der Waals surface area contributed by atoms with E-state index in [0.717, 1.165) is 40.8 Å². The van der Waals surface area contributed by atoms with Gasteiger partial charge in [-0.3, -0.25) is 0 Å². The third-order valence-corrected chi connectivity index (χ3v) is 4.96. The zero-order valence-electron chi connectivity index (χ0n) is 19.1. The Balaban J connectivity index is 2.03. The van der Waals surface area contributed by atoms with Crippen LogP contribution in [0, 0.1) is 6.92 Å². The topological polar surface area (TPSA) is 84.9 Å². The maximum atomic E-state index is 12.0. The summed E-state index contributed by atoms with van der Waals surface area (Å²) < 4.78 is 10.9. The molecule has 0 spiro atoms. The Morgan fingerprint density at radius 3 is 2.34 bits per heavy atom. The average Bonchev–Trinajstić information content (AvgIpc) is 2.70. The van der Waals surface area contributed by atoms with Gasteiger partial charge in [-0.2, -0.15) is 0 Å². The molecule has 0 aliphatic carbocycles. The number of halogens is 1. The van der Waals surface area contributed by atoms with Crippen molar-refractivity contribution in [1.29, 1.82) is 0 Å². The van der Waals surface area contributed by atoms with Crippen LogP contribution in [0.1, 0.15) is 44.7 Å². The Labute approximate surface area is 194 Å². The smallest absolute Gasteiger partial charge is 0.408 e. The molecule has 6 nitrogen and oxygen atoms in total. The van der Waals surface area contributed by atoms with E-state index in [-0.39, 0.29) is 6.42 Å². The highest BCUT2D eigenvalue weighted by atomic mass is 35.5. The second kappa shape index (κ2) is 11.8. The molecule has 0 heterocycles. The van der Waals surface area contributed by atoms with E-state index in [4.69, 9.17) is 21.1 Å². The van der Waals surface area contributed by atoms with Crippen LogP contribution in [0.3, 0.4) is 0 Å². The largest absolute Gasteiger partial charge is 0.494 e. The van der Waals surface area contributed by atoms with Gasteiger partial charge < -0.3 is 19.9 Å². The van der Waals surface area contributed by atoms with Gasteiger partial charge in [0.15, 0.2) is 0 Å². The molecule has 0 bridgehead atoms. The number of rotatable bonds is 10. The Kier molecular flexibility index (Phi) is 9.39. The molecule has 0 radical (unpaired) electrons. The fourth-order valence-corrected chi connectivity index (χ4v) is 3.33. The van der Waals surface area contributed by atoms with Crippen molar-refractivity contribution in [2.24, 2.45) is 0 Å². The van der Waals surface area contributed by atoms with Crippen LogP contribution in [0.4, 0.5) is 4.79 Å². The molecule has 7 heteroatoms. The first-order valence-corrected chi connectivity index (χ1v) is 11.2. The van der Waals surface area contributed by atoms with Gasteiger partial charge in [0.25, 0.3) is 0 Å². The number of unbranched alkanes of at least 4 members (excludes halogenated alkanes) is 1. The Morgan fingerprint density at radius 1 is 1.09 bits per heavy atom. The first-order chi connectivity index (χ1) is 15.1. The third kappa shape index (κ3) is 8.42. The van der Waals surface area contributed by atoms with Gasteiger partial charge in [0.05, 0.1) is 6.61 Å².